The molecule has 0 unspecified atom stereocenters. The first-order valence-electron chi connectivity index (χ1n) is 8.46. The van der Waals surface area contributed by atoms with Gasteiger partial charge in [0.15, 0.2) is 0 Å². The summed E-state index contributed by atoms with van der Waals surface area (Å²) in [7, 11) is -4.22. The zero-order chi connectivity index (χ0) is 20.8. The smallest absolute Gasteiger partial charge is 0.378 e. The lowest BCUT2D eigenvalue weighted by atomic mass is 9.91. The summed E-state index contributed by atoms with van der Waals surface area (Å²) in [5.41, 5.74) is -0.204. The number of carbonyl (C=O) groups excluding carboxylic acids is 1. The van der Waals surface area contributed by atoms with E-state index >= 15 is 0 Å². The third-order valence-corrected chi connectivity index (χ3v) is 5.24. The quantitative estimate of drug-likeness (QED) is 0.175. The van der Waals surface area contributed by atoms with Crippen molar-refractivity contribution in [3.05, 3.63) is 71.6 Å². The summed E-state index contributed by atoms with van der Waals surface area (Å²) >= 11 is 0. The van der Waals surface area contributed by atoms with E-state index in [4.69, 9.17) is 11.3 Å². The van der Waals surface area contributed by atoms with E-state index in [1.165, 1.54) is 24.3 Å². The molecule has 2 rings (SSSR count). The van der Waals surface area contributed by atoms with Gasteiger partial charge in [-0.05, 0) is 44.5 Å². The molecule has 0 radical (unpaired) electrons. The highest BCUT2D eigenvalue weighted by atomic mass is 32.2. The number of nitrogens with zero attached hydrogens (tertiary/aromatic N) is 2. The maximum Gasteiger partial charge on any atom is 0.378 e. The number of hydrogen-bond acceptors (Lipinski definition) is 6. The Labute approximate surface area is 164 Å². The van der Waals surface area contributed by atoms with Crippen LogP contribution in [0.15, 0.2) is 64.6 Å². The second-order valence-electron chi connectivity index (χ2n) is 6.52. The van der Waals surface area contributed by atoms with Gasteiger partial charge in [-0.2, -0.15) is 12.7 Å². The third-order valence-electron chi connectivity index (χ3n) is 4.12. The van der Waals surface area contributed by atoms with Crippen LogP contribution in [0.4, 0.5) is 0 Å². The van der Waals surface area contributed by atoms with Gasteiger partial charge >= 0.3 is 21.9 Å². The molecule has 0 atom stereocenters. The standard InChI is InChI=1S/C20H20N2O5S/c1-5-20(2,3)19(23)26-16-11-13-17(14-12-16)28(24,25)27-22-18(21-4)15-9-7-6-8-10-15/h6-14H,5H2,1-3H3. The summed E-state index contributed by atoms with van der Waals surface area (Å²) in [6.07, 6.45) is 0.606. The largest absolute Gasteiger partial charge is 0.426 e. The predicted molar refractivity (Wildman–Crippen MR) is 104 cm³/mol. The lowest BCUT2D eigenvalue weighted by molar-refractivity contribution is -0.144. The van der Waals surface area contributed by atoms with E-state index in [1.807, 2.05) is 6.92 Å². The monoisotopic (exact) mass is 400 g/mol. The topological polar surface area (TPSA) is 86.4 Å². The van der Waals surface area contributed by atoms with Crippen molar-refractivity contribution in [2.75, 3.05) is 0 Å². The van der Waals surface area contributed by atoms with Crippen LogP contribution in [-0.4, -0.2) is 20.2 Å². The molecule has 0 aliphatic carbocycles. The number of rotatable bonds is 7. The summed E-state index contributed by atoms with van der Waals surface area (Å²) in [4.78, 5) is 15.1. The van der Waals surface area contributed by atoms with Gasteiger partial charge in [-0.3, -0.25) is 4.79 Å². The number of benzene rings is 2. The lowest BCUT2D eigenvalue weighted by Crippen LogP contribution is -2.28. The fraction of sp³-hybridized carbons (Fsp3) is 0.250. The van der Waals surface area contributed by atoms with Crippen LogP contribution in [0.1, 0.15) is 32.8 Å². The van der Waals surface area contributed by atoms with Crippen LogP contribution < -0.4 is 4.74 Å². The van der Waals surface area contributed by atoms with Crippen LogP contribution >= 0.6 is 0 Å². The molecule has 0 aliphatic heterocycles. The van der Waals surface area contributed by atoms with Gasteiger partial charge < -0.3 is 9.58 Å². The van der Waals surface area contributed by atoms with Crippen molar-refractivity contribution in [2.24, 2.45) is 10.6 Å². The second kappa shape index (κ2) is 8.67. The van der Waals surface area contributed by atoms with E-state index in [2.05, 4.69) is 14.3 Å². The molecule has 0 spiro atoms. The predicted octanol–water partition coefficient (Wildman–Crippen LogP) is 4.01. The average Bonchev–Trinajstić information content (AvgIpc) is 2.69. The van der Waals surface area contributed by atoms with Crippen molar-refractivity contribution in [1.82, 2.24) is 0 Å². The molecule has 8 heteroatoms. The van der Waals surface area contributed by atoms with Gasteiger partial charge in [0.2, 0.25) is 0 Å². The molecule has 0 heterocycles. The van der Waals surface area contributed by atoms with Crippen LogP contribution in [0.2, 0.25) is 0 Å². The maximum absolute atomic E-state index is 12.3. The fourth-order valence-corrected chi connectivity index (χ4v) is 2.64. The van der Waals surface area contributed by atoms with Crippen LogP contribution in [0.25, 0.3) is 4.85 Å². The number of amidine groups is 1. The van der Waals surface area contributed by atoms with Crippen LogP contribution in [0, 0.1) is 12.0 Å². The minimum Gasteiger partial charge on any atom is -0.426 e. The molecule has 28 heavy (non-hydrogen) atoms. The summed E-state index contributed by atoms with van der Waals surface area (Å²) < 4.78 is 34.5. The first kappa shape index (κ1) is 21.1. The van der Waals surface area contributed by atoms with E-state index in [0.29, 0.717) is 12.0 Å². The molecular weight excluding hydrogens is 380 g/mol. The van der Waals surface area contributed by atoms with Crippen molar-refractivity contribution in [2.45, 2.75) is 32.1 Å². The summed E-state index contributed by atoms with van der Waals surface area (Å²) in [5, 5.41) is 3.46. The highest BCUT2D eigenvalue weighted by Crippen LogP contribution is 2.25. The minimum absolute atomic E-state index is 0.178. The Morgan fingerprint density at radius 3 is 2.25 bits per heavy atom. The highest BCUT2D eigenvalue weighted by Gasteiger charge is 2.28. The number of hydrogen-bond donors (Lipinski definition) is 0. The van der Waals surface area contributed by atoms with Crippen LogP contribution in [0.5, 0.6) is 5.75 Å². The lowest BCUT2D eigenvalue weighted by Gasteiger charge is -2.20. The van der Waals surface area contributed by atoms with E-state index in [-0.39, 0.29) is 16.5 Å². The molecule has 0 bridgehead atoms. The van der Waals surface area contributed by atoms with Gasteiger partial charge in [0.25, 0.3) is 0 Å². The Morgan fingerprint density at radius 1 is 1.11 bits per heavy atom. The molecule has 0 fully saturated rings. The Kier molecular flexibility index (Phi) is 6.54. The maximum atomic E-state index is 12.3. The van der Waals surface area contributed by atoms with Gasteiger partial charge in [-0.1, -0.05) is 43.8 Å². The van der Waals surface area contributed by atoms with Gasteiger partial charge in [0.1, 0.15) is 10.6 Å². The van der Waals surface area contributed by atoms with Crippen molar-refractivity contribution in [1.29, 1.82) is 0 Å². The van der Waals surface area contributed by atoms with E-state index < -0.39 is 21.5 Å². The average molecular weight is 400 g/mol. The molecule has 0 saturated heterocycles. The van der Waals surface area contributed by atoms with Gasteiger partial charge in [-0.25, -0.2) is 0 Å². The normalized spacial score (nSPS) is 12.1. The first-order chi connectivity index (χ1) is 13.2. The van der Waals surface area contributed by atoms with Crippen molar-refractivity contribution in [3.8, 4) is 5.75 Å². The number of ether oxygens (including phenoxy) is 1. The van der Waals surface area contributed by atoms with Gasteiger partial charge in [-0.15, -0.1) is 0 Å². The van der Waals surface area contributed by atoms with Crippen molar-refractivity contribution < 1.29 is 22.2 Å². The summed E-state index contributed by atoms with van der Waals surface area (Å²) in [5.74, 6) is -0.368. The number of esters is 1. The molecule has 0 aliphatic rings. The van der Waals surface area contributed by atoms with Crippen molar-refractivity contribution in [3.63, 3.8) is 0 Å². The molecule has 0 aromatic heterocycles. The summed E-state index contributed by atoms with van der Waals surface area (Å²) in [6, 6.07) is 13.6. The SMILES string of the molecule is [C-]#[N+]C(=NOS(=O)(=O)c1ccc(OC(=O)C(C)(C)CC)cc1)c1ccccc1. The molecule has 2 aromatic rings. The number of carbonyl (C=O) groups is 1. The van der Waals surface area contributed by atoms with E-state index in [0.717, 1.165) is 0 Å². The zero-order valence-electron chi connectivity index (χ0n) is 15.7. The molecule has 7 nitrogen and oxygen atoms in total. The van der Waals surface area contributed by atoms with E-state index in [9.17, 15) is 13.2 Å². The van der Waals surface area contributed by atoms with E-state index in [1.54, 1.807) is 44.2 Å². The highest BCUT2D eigenvalue weighted by molar-refractivity contribution is 7.86. The van der Waals surface area contributed by atoms with Crippen molar-refractivity contribution >= 4 is 21.9 Å². The Hall–Kier alpha value is -3.18. The number of oxime groups is 1. The molecule has 146 valence electrons. The molecular formula is C20H20N2O5S. The fourth-order valence-electron chi connectivity index (χ4n) is 1.92. The molecule has 0 amide bonds. The second-order valence-corrected chi connectivity index (χ2v) is 8.05. The Balaban J connectivity index is 2.15. The van der Waals surface area contributed by atoms with Crippen LogP contribution in [0.3, 0.4) is 0 Å². The Bertz CT molecular complexity index is 1000. The summed E-state index contributed by atoms with van der Waals surface area (Å²) in [6.45, 7) is 12.5. The van der Waals surface area contributed by atoms with Gasteiger partial charge in [0.05, 0.1) is 10.6 Å². The van der Waals surface area contributed by atoms with Crippen LogP contribution in [-0.2, 0) is 19.2 Å². The minimum atomic E-state index is -4.22. The molecule has 0 N–H and O–H groups in total. The molecule has 2 aromatic carbocycles. The molecule has 0 saturated carbocycles. The van der Waals surface area contributed by atoms with Gasteiger partial charge in [0, 0.05) is 5.56 Å². The third kappa shape index (κ3) is 5.18. The Morgan fingerprint density at radius 2 is 1.71 bits per heavy atom. The zero-order valence-corrected chi connectivity index (χ0v) is 16.6. The first-order valence-corrected chi connectivity index (χ1v) is 9.87.